The van der Waals surface area contributed by atoms with E-state index in [-0.39, 0.29) is 56.6 Å². The van der Waals surface area contributed by atoms with E-state index in [1.807, 2.05) is 13.8 Å². The van der Waals surface area contributed by atoms with Crippen LogP contribution in [0.3, 0.4) is 0 Å². The molecule has 0 saturated heterocycles. The first-order chi connectivity index (χ1) is 45.3. The maximum atomic E-state index is 10.4. The van der Waals surface area contributed by atoms with Crippen LogP contribution >= 0.6 is 0 Å². The molecule has 1 rings (SSSR count). The number of aliphatic hydroxyl groups excluding tert-OH is 3. The number of unbranched alkanes of at least 4 members (excludes halogenated alkanes) is 1. The van der Waals surface area contributed by atoms with E-state index in [1.165, 1.54) is 39.8 Å². The van der Waals surface area contributed by atoms with E-state index in [1.54, 1.807) is 26.0 Å². The average Bonchev–Trinajstić information content (AvgIpc) is 0.973. The molecule has 0 spiro atoms. The largest absolute Gasteiger partial charge is 0.508 e. The van der Waals surface area contributed by atoms with Gasteiger partial charge < -0.3 is 161 Å². The van der Waals surface area contributed by atoms with E-state index in [2.05, 4.69) is 0 Å². The van der Waals surface area contributed by atoms with E-state index in [4.69, 9.17) is 161 Å². The zero-order valence-corrected chi connectivity index (χ0v) is 56.9. The fourth-order valence-corrected chi connectivity index (χ4v) is 4.34. The molecule has 44 heteroatoms. The van der Waals surface area contributed by atoms with Crippen molar-refractivity contribution in [2.24, 2.45) is 86.4 Å². The van der Waals surface area contributed by atoms with Gasteiger partial charge in [-0.05, 0) is 109 Å². The highest BCUT2D eigenvalue weighted by Gasteiger charge is 2.20. The molecule has 0 unspecified atom stereocenters. The van der Waals surface area contributed by atoms with Crippen molar-refractivity contribution in [2.45, 2.75) is 211 Å². The normalized spacial score (nSPS) is 14.0. The van der Waals surface area contributed by atoms with Crippen LogP contribution in [0.4, 0.5) is 0 Å². The van der Waals surface area contributed by atoms with E-state index < -0.39 is 168 Å². The number of amides is 1. The van der Waals surface area contributed by atoms with E-state index in [9.17, 15) is 67.1 Å². The predicted octanol–water partition coefficient (Wildman–Crippen LogP) is -6.68. The lowest BCUT2D eigenvalue weighted by Crippen LogP contribution is -2.39. The maximum Gasteiger partial charge on any atom is 0.323 e. The van der Waals surface area contributed by atoms with Crippen LogP contribution in [-0.2, 0) is 73.5 Å². The Bertz CT molecular complexity index is 2300. The second-order valence-electron chi connectivity index (χ2n) is 21.4. The first-order valence-corrected chi connectivity index (χ1v) is 29.3. The minimum atomic E-state index is -1.18. The van der Waals surface area contributed by atoms with Crippen LogP contribution < -0.4 is 74.5 Å². The third kappa shape index (κ3) is 87.0. The number of carbonyl (C=O) groups excluding carboxylic acids is 1. The lowest BCUT2D eigenvalue weighted by atomic mass is 10.1. The van der Waals surface area contributed by atoms with Gasteiger partial charge in [-0.3, -0.25) is 67.1 Å². The summed E-state index contributed by atoms with van der Waals surface area (Å²) < 4.78 is 0. The second kappa shape index (κ2) is 67.2. The second-order valence-corrected chi connectivity index (χ2v) is 21.4. The molecule has 0 aliphatic heterocycles. The molecule has 0 fully saturated rings. The SMILES string of the molecule is CC(C)C[C@H](N)C(=O)O.CC(C)[C@H](N)C(=O)O.C[C@@H](O)[C@H](N)C(=O)O.C[C@@H](O)[C@H](N)C(=O)O.C[C@@H](O)[C@H](N)C(=O)O.C[C@H](N)C(=O)O.NC(=O)CC[C@H](N)C(=O)O.NCCCC[C@H](N)C(=O)O.N[C@@H](CCC(=O)O)C(=O)O.N[C@@H](CCC(=O)O)C(=O)O.N[C@@H](Cc1ccc(O)cc1)C(=O)O. The van der Waals surface area contributed by atoms with Gasteiger partial charge in [-0.1, -0.05) is 46.2 Å². The molecule has 586 valence electrons. The highest BCUT2D eigenvalue weighted by Crippen LogP contribution is 2.11. The number of carboxylic acids is 13. The summed E-state index contributed by atoms with van der Waals surface area (Å²) in [5, 5.41) is 141. The molecule has 14 atom stereocenters. The van der Waals surface area contributed by atoms with Crippen LogP contribution in [0.1, 0.15) is 125 Å². The average molecular weight is 1460 g/mol. The quantitative estimate of drug-likeness (QED) is 0.0298. The van der Waals surface area contributed by atoms with Crippen molar-refractivity contribution in [3.05, 3.63) is 29.8 Å². The van der Waals surface area contributed by atoms with Gasteiger partial charge in [0.2, 0.25) is 5.91 Å². The molecule has 1 aromatic rings. The third-order valence-corrected chi connectivity index (χ3v) is 10.8. The van der Waals surface area contributed by atoms with Gasteiger partial charge >= 0.3 is 77.6 Å². The van der Waals surface area contributed by atoms with Crippen LogP contribution in [0.25, 0.3) is 0 Å². The van der Waals surface area contributed by atoms with Crippen molar-refractivity contribution in [3.63, 3.8) is 0 Å². The van der Waals surface area contributed by atoms with E-state index in [0.717, 1.165) is 18.4 Å². The first-order valence-electron chi connectivity index (χ1n) is 29.3. The van der Waals surface area contributed by atoms with Crippen LogP contribution in [0.2, 0.25) is 0 Å². The number of hydrogen-bond acceptors (Lipinski definition) is 30. The maximum absolute atomic E-state index is 10.4. The summed E-state index contributed by atoms with van der Waals surface area (Å²) in [5.74, 6) is -13.8. The van der Waals surface area contributed by atoms with Gasteiger partial charge in [-0.15, -0.1) is 0 Å². The number of aromatic hydroxyl groups is 1. The van der Waals surface area contributed by atoms with E-state index in [0.29, 0.717) is 25.3 Å². The van der Waals surface area contributed by atoms with Crippen LogP contribution in [0.5, 0.6) is 5.75 Å². The minimum Gasteiger partial charge on any atom is -0.508 e. The molecule has 0 aromatic heterocycles. The molecule has 43 N–H and O–H groups in total. The van der Waals surface area contributed by atoms with Crippen molar-refractivity contribution in [1.82, 2.24) is 0 Å². The summed E-state index contributed by atoms with van der Waals surface area (Å²) in [6, 6.07) is -4.00. The molecule has 1 amide bonds. The molecule has 0 bridgehead atoms. The smallest absolute Gasteiger partial charge is 0.323 e. The monoisotopic (exact) mass is 1460 g/mol. The number of benzene rings is 1. The van der Waals surface area contributed by atoms with Gasteiger partial charge in [0.1, 0.15) is 72.2 Å². The summed E-state index contributed by atoms with van der Waals surface area (Å²) in [4.78, 5) is 140. The number of rotatable bonds is 32. The number of carbonyl (C=O) groups is 14. The molecular formula is C56H111N13O31. The molecular weight excluding hydrogens is 1350 g/mol. The van der Waals surface area contributed by atoms with Crippen molar-refractivity contribution in [1.29, 1.82) is 0 Å². The molecule has 44 nitrogen and oxygen atoms in total. The van der Waals surface area contributed by atoms with Gasteiger partial charge in [0.05, 0.1) is 18.3 Å². The Morgan fingerprint density at radius 1 is 0.350 bits per heavy atom. The van der Waals surface area contributed by atoms with Gasteiger partial charge in [0, 0.05) is 19.3 Å². The number of carboxylic acid groups (broad SMARTS) is 13. The number of aliphatic hydroxyl groups is 3. The van der Waals surface area contributed by atoms with Crippen LogP contribution in [0.15, 0.2) is 24.3 Å². The topological polar surface area (TPSA) is 921 Å². The summed E-state index contributed by atoms with van der Waals surface area (Å²) >= 11 is 0. The van der Waals surface area contributed by atoms with Crippen LogP contribution in [0, 0.1) is 11.8 Å². The summed E-state index contributed by atoms with van der Waals surface area (Å²) in [7, 11) is 0. The molecule has 0 saturated carbocycles. The van der Waals surface area contributed by atoms with Crippen molar-refractivity contribution < 1.29 is 154 Å². The summed E-state index contributed by atoms with van der Waals surface area (Å²) in [6.07, 6.45) is -0.274. The van der Waals surface area contributed by atoms with Gasteiger partial charge in [0.25, 0.3) is 0 Å². The fraction of sp³-hybridized carbons (Fsp3) is 0.643. The van der Waals surface area contributed by atoms with Gasteiger partial charge in [-0.2, -0.15) is 0 Å². The molecule has 0 aliphatic rings. The first kappa shape index (κ1) is 112. The highest BCUT2D eigenvalue weighted by atomic mass is 16.4. The number of hydrogen-bond donors (Lipinski definition) is 30. The number of primary amides is 1. The predicted molar refractivity (Wildman–Crippen MR) is 354 cm³/mol. The Kier molecular flexibility index (Phi) is 75.5. The Morgan fingerprint density at radius 2 is 0.610 bits per heavy atom. The molecule has 0 radical (unpaired) electrons. The Labute approximate surface area is 575 Å². The van der Waals surface area contributed by atoms with Crippen molar-refractivity contribution in [2.75, 3.05) is 6.54 Å². The molecule has 1 aromatic carbocycles. The lowest BCUT2D eigenvalue weighted by Gasteiger charge is -2.07. The van der Waals surface area contributed by atoms with Crippen LogP contribution in [-0.4, -0.2) is 262 Å². The highest BCUT2D eigenvalue weighted by molar-refractivity contribution is 5.78. The Hall–Kier alpha value is -9.00. The standard InChI is InChI=1S/C9H11NO3.C6H14N2O2.C6H13NO2.C5H10N2O3.2C5H9NO4.C5H11NO2.3C4H9NO3.C3H7NO2/c10-8(9(12)13)5-6-1-3-7(11)4-2-6;7-4-2-1-3-5(8)6(9)10;1-4(2)3-5(7)6(8)9;3*6-3(5(9)10)1-2-4(7)8;1-3(2)4(6)5(7)8;3*1-2(6)3(5)4(7)8;1-2(4)3(5)6/h1-4,8,11H,5,10H2,(H,12,13);5H,1-4,7-8H2,(H,9,10);4-5H,3,7H2,1-2H3,(H,8,9);3H,1-2,6H2,(H2,7,8)(H,9,10);2*3H,1-2,6H2,(H,7,8)(H,9,10);3-4H,6H2,1-2H3,(H,7,8);3*2-3,6H,5H2,1H3,(H,7,8);2H,4H2,1H3,(H,5,6)/t8-;2*5-;3*3-;4-;3*2-,3+;2-/m00000001110/s1. The number of nitrogens with two attached hydrogens (primary N) is 13. The number of phenols is 1. The Balaban J connectivity index is -0.000000112. The fourth-order valence-electron chi connectivity index (χ4n) is 4.34. The zero-order chi connectivity index (χ0) is 81.8. The van der Waals surface area contributed by atoms with Gasteiger partial charge in [0.15, 0.2) is 0 Å². The lowest BCUT2D eigenvalue weighted by molar-refractivity contribution is -0.141. The number of phenolic OH excluding ortho intramolecular Hbond substituents is 1. The zero-order valence-electron chi connectivity index (χ0n) is 56.9. The molecule has 0 aliphatic carbocycles. The summed E-state index contributed by atoms with van der Waals surface area (Å²) in [5.41, 5.74) is 66.3. The molecule has 0 heterocycles. The molecule has 100 heavy (non-hydrogen) atoms. The summed E-state index contributed by atoms with van der Waals surface area (Å²) in [6.45, 7) is 13.5. The third-order valence-electron chi connectivity index (χ3n) is 10.8. The van der Waals surface area contributed by atoms with E-state index >= 15 is 0 Å². The minimum absolute atomic E-state index is 0.0208. The van der Waals surface area contributed by atoms with Crippen molar-refractivity contribution >= 4 is 83.5 Å². The van der Waals surface area contributed by atoms with Gasteiger partial charge in [-0.25, -0.2) is 0 Å². The van der Waals surface area contributed by atoms with Crippen molar-refractivity contribution in [3.8, 4) is 5.75 Å². The number of aliphatic carboxylic acids is 13. The Morgan fingerprint density at radius 3 is 0.770 bits per heavy atom.